The van der Waals surface area contributed by atoms with Gasteiger partial charge < -0.3 is 14.5 Å². The molecule has 1 heterocycles. The highest BCUT2D eigenvalue weighted by Crippen LogP contribution is 2.27. The van der Waals surface area contributed by atoms with Gasteiger partial charge in [-0.1, -0.05) is 0 Å². The lowest BCUT2D eigenvalue weighted by Crippen LogP contribution is -2.20. The Morgan fingerprint density at radius 2 is 1.74 bits per heavy atom. The van der Waals surface area contributed by atoms with Crippen LogP contribution in [0.15, 0.2) is 65.1 Å². The van der Waals surface area contributed by atoms with Crippen LogP contribution in [0, 0.1) is 24.0 Å². The van der Waals surface area contributed by atoms with Crippen LogP contribution in [0.3, 0.4) is 0 Å². The molecule has 0 radical (unpaired) electrons. The molecule has 0 aliphatic carbocycles. The third kappa shape index (κ3) is 4.53. The van der Waals surface area contributed by atoms with Crippen molar-refractivity contribution in [3.8, 4) is 17.2 Å². The highest BCUT2D eigenvalue weighted by Gasteiger charge is 2.11. The summed E-state index contributed by atoms with van der Waals surface area (Å²) in [7, 11) is 0. The number of fused-ring (bicyclic) bond motifs is 1. The van der Waals surface area contributed by atoms with Crippen molar-refractivity contribution in [3.63, 3.8) is 0 Å². The van der Waals surface area contributed by atoms with Gasteiger partial charge in [-0.05, 0) is 73.5 Å². The molecule has 3 aromatic carbocycles. The Hall–Kier alpha value is -4.20. The van der Waals surface area contributed by atoms with Crippen molar-refractivity contribution in [2.24, 2.45) is 0 Å². The van der Waals surface area contributed by atoms with Crippen LogP contribution in [0.5, 0.6) is 5.75 Å². The molecule has 8 heteroatoms. The van der Waals surface area contributed by atoms with Gasteiger partial charge in [0, 0.05) is 23.4 Å². The van der Waals surface area contributed by atoms with Crippen molar-refractivity contribution in [1.82, 2.24) is 4.98 Å². The average Bonchev–Trinajstić information content (AvgIpc) is 3.16. The van der Waals surface area contributed by atoms with E-state index in [9.17, 15) is 14.9 Å². The van der Waals surface area contributed by atoms with E-state index >= 15 is 0 Å². The van der Waals surface area contributed by atoms with Crippen LogP contribution in [-0.2, 0) is 4.79 Å². The monoisotopic (exact) mass is 417 g/mol. The van der Waals surface area contributed by atoms with Gasteiger partial charge in [0.25, 0.3) is 11.6 Å². The summed E-state index contributed by atoms with van der Waals surface area (Å²) in [6, 6.07) is 16.6. The Kier molecular flexibility index (Phi) is 5.36. The van der Waals surface area contributed by atoms with Crippen LogP contribution in [0.1, 0.15) is 11.1 Å². The molecule has 1 N–H and O–H groups in total. The van der Waals surface area contributed by atoms with Gasteiger partial charge in [0.1, 0.15) is 11.3 Å². The quantitative estimate of drug-likeness (QED) is 0.348. The smallest absolute Gasteiger partial charge is 0.269 e. The first-order valence-corrected chi connectivity index (χ1v) is 9.54. The average molecular weight is 417 g/mol. The second-order valence-corrected chi connectivity index (χ2v) is 7.09. The van der Waals surface area contributed by atoms with E-state index in [1.54, 1.807) is 12.1 Å². The Bertz CT molecular complexity index is 1220. The molecule has 156 valence electrons. The predicted molar refractivity (Wildman–Crippen MR) is 116 cm³/mol. The van der Waals surface area contributed by atoms with Gasteiger partial charge in [0.15, 0.2) is 12.2 Å². The van der Waals surface area contributed by atoms with Crippen molar-refractivity contribution >= 4 is 28.4 Å². The fourth-order valence-electron chi connectivity index (χ4n) is 3.01. The first-order valence-electron chi connectivity index (χ1n) is 9.54. The maximum atomic E-state index is 12.1. The van der Waals surface area contributed by atoms with Gasteiger partial charge in [-0.3, -0.25) is 14.9 Å². The number of nitrogens with zero attached hydrogens (tertiary/aromatic N) is 2. The van der Waals surface area contributed by atoms with Crippen LogP contribution in [0.2, 0.25) is 0 Å². The zero-order valence-electron chi connectivity index (χ0n) is 16.9. The second kappa shape index (κ2) is 8.27. The van der Waals surface area contributed by atoms with E-state index in [2.05, 4.69) is 10.3 Å². The van der Waals surface area contributed by atoms with E-state index in [1.807, 2.05) is 38.1 Å². The molecule has 0 unspecified atom stereocenters. The van der Waals surface area contributed by atoms with Crippen LogP contribution < -0.4 is 10.1 Å². The van der Waals surface area contributed by atoms with Crippen LogP contribution >= 0.6 is 0 Å². The molecule has 0 saturated carbocycles. The topological polar surface area (TPSA) is 108 Å². The Balaban J connectivity index is 1.38. The minimum absolute atomic E-state index is 0.0406. The van der Waals surface area contributed by atoms with Crippen molar-refractivity contribution in [3.05, 3.63) is 81.9 Å². The molecular weight excluding hydrogens is 398 g/mol. The molecule has 0 atom stereocenters. The molecule has 0 saturated heterocycles. The number of nitrogens with one attached hydrogen (secondary N) is 1. The summed E-state index contributed by atoms with van der Waals surface area (Å²) in [4.78, 5) is 26.8. The highest BCUT2D eigenvalue weighted by atomic mass is 16.6. The third-order valence-electron chi connectivity index (χ3n) is 4.84. The summed E-state index contributed by atoms with van der Waals surface area (Å²) in [6.45, 7) is 3.84. The molecule has 0 spiro atoms. The zero-order valence-corrected chi connectivity index (χ0v) is 16.9. The van der Waals surface area contributed by atoms with E-state index in [0.717, 1.165) is 27.8 Å². The fraction of sp³-hybridized carbons (Fsp3) is 0.130. The zero-order chi connectivity index (χ0) is 22.0. The number of anilines is 1. The van der Waals surface area contributed by atoms with Crippen molar-refractivity contribution in [2.75, 3.05) is 11.9 Å². The lowest BCUT2D eigenvalue weighted by molar-refractivity contribution is -0.384. The Morgan fingerprint density at radius 1 is 1.06 bits per heavy atom. The van der Waals surface area contributed by atoms with Crippen LogP contribution in [0.25, 0.3) is 22.6 Å². The third-order valence-corrected chi connectivity index (χ3v) is 4.84. The van der Waals surface area contributed by atoms with E-state index in [-0.39, 0.29) is 18.2 Å². The molecular formula is C23H19N3O5. The summed E-state index contributed by atoms with van der Waals surface area (Å²) in [5.74, 6) is 0.538. The lowest BCUT2D eigenvalue weighted by atomic mass is 10.1. The summed E-state index contributed by atoms with van der Waals surface area (Å²) in [5, 5.41) is 13.4. The number of hydrogen-bond donors (Lipinski definition) is 1. The number of aromatic nitrogens is 1. The van der Waals surface area contributed by atoms with Gasteiger partial charge in [-0.15, -0.1) is 0 Å². The largest absolute Gasteiger partial charge is 0.484 e. The van der Waals surface area contributed by atoms with E-state index in [4.69, 9.17) is 9.15 Å². The number of amides is 1. The molecule has 0 bridgehead atoms. The van der Waals surface area contributed by atoms with Gasteiger partial charge in [-0.25, -0.2) is 4.98 Å². The minimum atomic E-state index is -0.497. The van der Waals surface area contributed by atoms with E-state index in [1.165, 1.54) is 24.3 Å². The fourth-order valence-corrected chi connectivity index (χ4v) is 3.01. The number of non-ortho nitro benzene ring substituents is 1. The number of ether oxygens (including phenoxy) is 1. The second-order valence-electron chi connectivity index (χ2n) is 7.09. The molecule has 8 nitrogen and oxygen atoms in total. The first kappa shape index (κ1) is 20.1. The van der Waals surface area contributed by atoms with Crippen LogP contribution in [-0.4, -0.2) is 22.4 Å². The predicted octanol–water partition coefficient (Wildman–Crippen LogP) is 5.04. The van der Waals surface area contributed by atoms with Crippen molar-refractivity contribution in [1.29, 1.82) is 0 Å². The maximum Gasteiger partial charge on any atom is 0.269 e. The number of nitro benzene ring substituents is 1. The van der Waals surface area contributed by atoms with Crippen LogP contribution in [0.4, 0.5) is 11.4 Å². The Morgan fingerprint density at radius 3 is 2.42 bits per heavy atom. The lowest BCUT2D eigenvalue weighted by Gasteiger charge is -2.07. The number of aryl methyl sites for hydroxylation is 2. The summed E-state index contributed by atoms with van der Waals surface area (Å²) in [6.07, 6.45) is 0. The molecule has 1 aromatic heterocycles. The number of benzene rings is 3. The van der Waals surface area contributed by atoms with E-state index in [0.29, 0.717) is 17.3 Å². The number of rotatable bonds is 6. The minimum Gasteiger partial charge on any atom is -0.484 e. The highest BCUT2D eigenvalue weighted by molar-refractivity contribution is 5.92. The molecule has 4 aromatic rings. The number of nitro groups is 1. The normalized spacial score (nSPS) is 10.8. The summed E-state index contributed by atoms with van der Waals surface area (Å²) < 4.78 is 11.2. The number of oxazole rings is 1. The van der Waals surface area contributed by atoms with Gasteiger partial charge in [-0.2, -0.15) is 0 Å². The molecule has 0 fully saturated rings. The molecule has 0 aliphatic heterocycles. The molecule has 0 aliphatic rings. The standard InChI is InChI=1S/C23H19N3O5/c1-14-11-20-21(12-15(14)2)31-23(25-20)16-3-5-17(6-4-16)24-22(27)13-30-19-9-7-18(8-10-19)26(28)29/h3-12H,13H2,1-2H3,(H,24,27). The number of hydrogen-bond acceptors (Lipinski definition) is 6. The van der Waals surface area contributed by atoms with Gasteiger partial charge in [0.05, 0.1) is 4.92 Å². The maximum absolute atomic E-state index is 12.1. The SMILES string of the molecule is Cc1cc2nc(-c3ccc(NC(=O)COc4ccc([N+](=O)[O-])cc4)cc3)oc2cc1C. The van der Waals surface area contributed by atoms with E-state index < -0.39 is 4.92 Å². The molecule has 1 amide bonds. The van der Waals surface area contributed by atoms with Crippen molar-refractivity contribution < 1.29 is 18.9 Å². The van der Waals surface area contributed by atoms with Gasteiger partial charge in [0.2, 0.25) is 5.89 Å². The number of carbonyl (C=O) groups is 1. The number of carbonyl (C=O) groups excluding carboxylic acids is 1. The summed E-state index contributed by atoms with van der Waals surface area (Å²) >= 11 is 0. The van der Waals surface area contributed by atoms with Crippen molar-refractivity contribution in [2.45, 2.75) is 13.8 Å². The molecule has 31 heavy (non-hydrogen) atoms. The Labute approximate surface area is 177 Å². The van der Waals surface area contributed by atoms with Gasteiger partial charge >= 0.3 is 0 Å². The summed E-state index contributed by atoms with van der Waals surface area (Å²) in [5.41, 5.74) is 5.19. The molecule has 4 rings (SSSR count). The first-order chi connectivity index (χ1) is 14.9.